The Morgan fingerprint density at radius 1 is 1.53 bits per heavy atom. The van der Waals surface area contributed by atoms with E-state index in [4.69, 9.17) is 5.73 Å². The van der Waals surface area contributed by atoms with Gasteiger partial charge in [0, 0.05) is 36.5 Å². The van der Waals surface area contributed by atoms with Crippen LogP contribution in [-0.2, 0) is 6.54 Å². The van der Waals surface area contributed by atoms with Gasteiger partial charge in [-0.2, -0.15) is 11.8 Å². The van der Waals surface area contributed by atoms with E-state index in [0.717, 1.165) is 11.6 Å². The Hall–Kier alpha value is -0.100. The summed E-state index contributed by atoms with van der Waals surface area (Å²) >= 11 is 3.72. The monoisotopic (exact) mass is 243 g/mol. The topological polar surface area (TPSA) is 42.1 Å². The lowest BCUT2D eigenvalue weighted by molar-refractivity contribution is 0.291. The number of aromatic nitrogens is 1. The van der Waals surface area contributed by atoms with E-state index in [1.54, 1.807) is 11.3 Å². The second-order valence-corrected chi connectivity index (χ2v) is 5.97. The van der Waals surface area contributed by atoms with Crippen molar-refractivity contribution in [3.63, 3.8) is 0 Å². The van der Waals surface area contributed by atoms with Gasteiger partial charge in [-0.3, -0.25) is 4.90 Å². The highest BCUT2D eigenvalue weighted by Crippen LogP contribution is 2.18. The van der Waals surface area contributed by atoms with Crippen molar-refractivity contribution in [3.05, 3.63) is 16.1 Å². The molecule has 1 atom stereocenters. The predicted molar refractivity (Wildman–Crippen MR) is 67.3 cm³/mol. The smallest absolute Gasteiger partial charge is 0.109 e. The molecule has 0 aliphatic carbocycles. The summed E-state index contributed by atoms with van der Waals surface area (Å²) in [5.41, 5.74) is 6.97. The molecule has 2 rings (SSSR count). The van der Waals surface area contributed by atoms with E-state index in [1.807, 2.05) is 18.7 Å². The first-order chi connectivity index (χ1) is 7.25. The van der Waals surface area contributed by atoms with E-state index in [2.05, 4.69) is 15.3 Å². The van der Waals surface area contributed by atoms with Crippen LogP contribution in [0.2, 0.25) is 0 Å². The van der Waals surface area contributed by atoms with Crippen molar-refractivity contribution < 1.29 is 0 Å². The van der Waals surface area contributed by atoms with Gasteiger partial charge in [0.2, 0.25) is 0 Å². The molecule has 1 fully saturated rings. The lowest BCUT2D eigenvalue weighted by Crippen LogP contribution is -2.32. The molecule has 1 saturated heterocycles. The Bertz CT molecular complexity index is 305. The molecule has 1 aliphatic heterocycles. The number of hydrogen-bond donors (Lipinski definition) is 1. The van der Waals surface area contributed by atoms with Gasteiger partial charge in [0.25, 0.3) is 0 Å². The second kappa shape index (κ2) is 5.30. The summed E-state index contributed by atoms with van der Waals surface area (Å²) in [5, 5.41) is 3.19. The number of thioether (sulfide) groups is 1. The minimum absolute atomic E-state index is 0.0701. The van der Waals surface area contributed by atoms with Crippen molar-refractivity contribution in [1.29, 1.82) is 0 Å². The molecule has 2 N–H and O–H groups in total. The normalized spacial score (nSPS) is 20.4. The van der Waals surface area contributed by atoms with E-state index in [1.165, 1.54) is 30.3 Å². The first kappa shape index (κ1) is 11.4. The van der Waals surface area contributed by atoms with Crippen LogP contribution >= 0.6 is 23.1 Å². The van der Waals surface area contributed by atoms with Crippen LogP contribution in [0.1, 0.15) is 23.7 Å². The van der Waals surface area contributed by atoms with Crippen LogP contribution in [0.3, 0.4) is 0 Å². The molecule has 5 heteroatoms. The van der Waals surface area contributed by atoms with Gasteiger partial charge in [-0.1, -0.05) is 0 Å². The maximum atomic E-state index is 5.79. The quantitative estimate of drug-likeness (QED) is 0.877. The molecule has 0 aromatic carbocycles. The fourth-order valence-electron chi connectivity index (χ4n) is 1.59. The molecule has 1 aromatic heterocycles. The molecule has 1 aliphatic rings. The van der Waals surface area contributed by atoms with E-state index < -0.39 is 0 Å². The predicted octanol–water partition coefficient (Wildman–Crippen LogP) is 1.71. The third-order valence-corrected chi connectivity index (χ3v) is 4.49. The van der Waals surface area contributed by atoms with E-state index in [9.17, 15) is 0 Å². The van der Waals surface area contributed by atoms with Crippen molar-refractivity contribution in [2.45, 2.75) is 19.5 Å². The molecule has 0 bridgehead atoms. The number of rotatable bonds is 3. The summed E-state index contributed by atoms with van der Waals surface area (Å²) in [7, 11) is 0. The van der Waals surface area contributed by atoms with Gasteiger partial charge in [-0.15, -0.1) is 11.3 Å². The molecular weight excluding hydrogens is 226 g/mol. The summed E-state index contributed by atoms with van der Waals surface area (Å²) in [6, 6.07) is 0.0701. The molecule has 0 amide bonds. The average molecular weight is 243 g/mol. The SMILES string of the molecule is CC(N)c1nc(CN2CCSCC2)cs1. The molecule has 1 aromatic rings. The molecule has 84 valence electrons. The lowest BCUT2D eigenvalue weighted by atomic mass is 10.3. The zero-order chi connectivity index (χ0) is 10.7. The van der Waals surface area contributed by atoms with Gasteiger partial charge in [-0.05, 0) is 6.92 Å². The number of nitrogens with two attached hydrogens (primary N) is 1. The summed E-state index contributed by atoms with van der Waals surface area (Å²) in [5.74, 6) is 2.51. The molecule has 0 saturated carbocycles. The van der Waals surface area contributed by atoms with Gasteiger partial charge in [0.05, 0.1) is 11.7 Å². The zero-order valence-corrected chi connectivity index (χ0v) is 10.6. The summed E-state index contributed by atoms with van der Waals surface area (Å²) in [6.45, 7) is 5.36. The van der Waals surface area contributed by atoms with E-state index in [-0.39, 0.29) is 6.04 Å². The Morgan fingerprint density at radius 2 is 2.27 bits per heavy atom. The van der Waals surface area contributed by atoms with Crippen molar-refractivity contribution in [3.8, 4) is 0 Å². The van der Waals surface area contributed by atoms with Gasteiger partial charge < -0.3 is 5.73 Å². The summed E-state index contributed by atoms with van der Waals surface area (Å²) in [6.07, 6.45) is 0. The van der Waals surface area contributed by atoms with Crippen LogP contribution in [0.4, 0.5) is 0 Å². The van der Waals surface area contributed by atoms with Crippen molar-refractivity contribution in [1.82, 2.24) is 9.88 Å². The van der Waals surface area contributed by atoms with Crippen LogP contribution < -0.4 is 5.73 Å². The highest BCUT2D eigenvalue weighted by molar-refractivity contribution is 7.99. The van der Waals surface area contributed by atoms with Crippen LogP contribution in [0, 0.1) is 0 Å². The largest absolute Gasteiger partial charge is 0.322 e. The Kier molecular flexibility index (Phi) is 4.02. The Balaban J connectivity index is 1.91. The standard InChI is InChI=1S/C10H17N3S2/c1-8(11)10-12-9(7-15-10)6-13-2-4-14-5-3-13/h7-8H,2-6,11H2,1H3. The first-order valence-corrected chi connectivity index (χ1v) is 7.29. The molecule has 15 heavy (non-hydrogen) atoms. The highest BCUT2D eigenvalue weighted by atomic mass is 32.2. The molecule has 2 heterocycles. The first-order valence-electron chi connectivity index (χ1n) is 5.25. The van der Waals surface area contributed by atoms with Crippen molar-refractivity contribution in [2.75, 3.05) is 24.6 Å². The molecule has 0 radical (unpaired) electrons. The molecule has 1 unspecified atom stereocenters. The number of nitrogens with zero attached hydrogens (tertiary/aromatic N) is 2. The average Bonchev–Trinajstić information content (AvgIpc) is 2.68. The molecule has 3 nitrogen and oxygen atoms in total. The number of thiazole rings is 1. The maximum Gasteiger partial charge on any atom is 0.109 e. The maximum absolute atomic E-state index is 5.79. The minimum Gasteiger partial charge on any atom is -0.322 e. The third-order valence-electron chi connectivity index (χ3n) is 2.45. The van der Waals surface area contributed by atoms with E-state index >= 15 is 0 Å². The van der Waals surface area contributed by atoms with Crippen LogP contribution in [-0.4, -0.2) is 34.5 Å². The van der Waals surface area contributed by atoms with Crippen LogP contribution in [0.5, 0.6) is 0 Å². The fourth-order valence-corrected chi connectivity index (χ4v) is 3.34. The third kappa shape index (κ3) is 3.17. The molecule has 0 spiro atoms. The Labute approximate surface area is 99.1 Å². The summed E-state index contributed by atoms with van der Waals surface area (Å²) < 4.78 is 0. The van der Waals surface area contributed by atoms with Crippen LogP contribution in [0.25, 0.3) is 0 Å². The van der Waals surface area contributed by atoms with Crippen molar-refractivity contribution >= 4 is 23.1 Å². The van der Waals surface area contributed by atoms with Gasteiger partial charge in [0.1, 0.15) is 5.01 Å². The number of hydrogen-bond acceptors (Lipinski definition) is 5. The molecular formula is C10H17N3S2. The second-order valence-electron chi connectivity index (χ2n) is 3.85. The van der Waals surface area contributed by atoms with Gasteiger partial charge in [0.15, 0.2) is 0 Å². The van der Waals surface area contributed by atoms with Gasteiger partial charge >= 0.3 is 0 Å². The lowest BCUT2D eigenvalue weighted by Gasteiger charge is -2.25. The fraction of sp³-hybridized carbons (Fsp3) is 0.700. The summed E-state index contributed by atoms with van der Waals surface area (Å²) in [4.78, 5) is 7.02. The zero-order valence-electron chi connectivity index (χ0n) is 8.98. The minimum atomic E-state index is 0.0701. The van der Waals surface area contributed by atoms with Crippen molar-refractivity contribution in [2.24, 2.45) is 5.73 Å². The van der Waals surface area contributed by atoms with Crippen LogP contribution in [0.15, 0.2) is 5.38 Å². The Morgan fingerprint density at radius 3 is 2.87 bits per heavy atom. The van der Waals surface area contributed by atoms with E-state index in [0.29, 0.717) is 0 Å². The highest BCUT2D eigenvalue weighted by Gasteiger charge is 2.13. The van der Waals surface area contributed by atoms with Gasteiger partial charge in [-0.25, -0.2) is 4.98 Å².